The molecule has 2 aliphatic rings. The number of hydrogen-bond acceptors (Lipinski definition) is 8. The molecular formula is C22H19F3N4O2S2. The predicted octanol–water partition coefficient (Wildman–Crippen LogP) is 6.87. The Kier molecular flexibility index (Phi) is 5.48. The lowest BCUT2D eigenvalue weighted by molar-refractivity contribution is -0.165. The van der Waals surface area contributed by atoms with Gasteiger partial charge in [-0.3, -0.25) is 0 Å². The van der Waals surface area contributed by atoms with E-state index in [0.29, 0.717) is 25.4 Å². The number of benzene rings is 1. The lowest BCUT2D eigenvalue weighted by Crippen LogP contribution is -2.29. The molecule has 0 unspecified atom stereocenters. The molecule has 1 aromatic carbocycles. The number of halogens is 3. The van der Waals surface area contributed by atoms with Gasteiger partial charge in [-0.25, -0.2) is 0 Å². The van der Waals surface area contributed by atoms with Crippen LogP contribution in [0.2, 0.25) is 0 Å². The Morgan fingerprint density at radius 2 is 1.21 bits per heavy atom. The van der Waals surface area contributed by atoms with E-state index in [-0.39, 0.29) is 10.5 Å². The molecular weight excluding hydrogens is 473 g/mol. The van der Waals surface area contributed by atoms with Crippen molar-refractivity contribution >= 4 is 22.7 Å². The van der Waals surface area contributed by atoms with Crippen LogP contribution in [0.1, 0.15) is 26.4 Å². The summed E-state index contributed by atoms with van der Waals surface area (Å²) >= 11 is 2.76. The van der Waals surface area contributed by atoms with Crippen LogP contribution < -0.4 is 9.47 Å². The largest absolute Gasteiger partial charge is 0.493 e. The first kappa shape index (κ1) is 22.0. The Morgan fingerprint density at radius 3 is 1.67 bits per heavy atom. The summed E-state index contributed by atoms with van der Waals surface area (Å²) in [6, 6.07) is 14.6. The van der Waals surface area contributed by atoms with Crippen molar-refractivity contribution < 1.29 is 22.6 Å². The fraction of sp³-hybridized carbons (Fsp3) is 0.364. The van der Waals surface area contributed by atoms with Crippen molar-refractivity contribution in [2.24, 2.45) is 20.5 Å². The van der Waals surface area contributed by atoms with Crippen molar-refractivity contribution in [2.45, 2.75) is 37.3 Å². The highest BCUT2D eigenvalue weighted by Gasteiger charge is 2.66. The van der Waals surface area contributed by atoms with Crippen molar-refractivity contribution in [1.82, 2.24) is 0 Å². The standard InChI is InChI=1S/C22H19F3N4O2S2/c1-20(26-27-20)18-8-6-16(32-18)10-12-30-14-2-4-15(5-3-14)31-13-11-17-7-9-19(33-17)21(28-29-21)22(23,24)25/h2-9H,10-13H2,1H3. The van der Waals surface area contributed by atoms with Crippen molar-refractivity contribution in [2.75, 3.05) is 13.2 Å². The summed E-state index contributed by atoms with van der Waals surface area (Å²) in [7, 11) is 0. The van der Waals surface area contributed by atoms with E-state index in [9.17, 15) is 13.2 Å². The number of hydrogen-bond donors (Lipinski definition) is 0. The number of thiophene rings is 2. The Balaban J connectivity index is 1.05. The first-order valence-electron chi connectivity index (χ1n) is 10.3. The first-order chi connectivity index (χ1) is 15.8. The van der Waals surface area contributed by atoms with E-state index >= 15 is 0 Å². The molecule has 0 spiro atoms. The second-order valence-electron chi connectivity index (χ2n) is 7.79. The second-order valence-corrected chi connectivity index (χ2v) is 10.1. The topological polar surface area (TPSA) is 67.9 Å². The predicted molar refractivity (Wildman–Crippen MR) is 118 cm³/mol. The maximum Gasteiger partial charge on any atom is 0.443 e. The van der Waals surface area contributed by atoms with Gasteiger partial charge in [0.1, 0.15) is 11.5 Å². The average molecular weight is 493 g/mol. The molecule has 5 rings (SSSR count). The van der Waals surface area contributed by atoms with Crippen LogP contribution in [0.15, 0.2) is 69.0 Å². The molecule has 0 saturated heterocycles. The Labute approximate surface area is 195 Å². The van der Waals surface area contributed by atoms with E-state index in [4.69, 9.17) is 9.47 Å². The number of ether oxygens (including phenoxy) is 2. The minimum Gasteiger partial charge on any atom is -0.493 e. The van der Waals surface area contributed by atoms with Gasteiger partial charge in [0, 0.05) is 22.6 Å². The first-order valence-corrected chi connectivity index (χ1v) is 11.9. The quantitative estimate of drug-likeness (QED) is 0.310. The summed E-state index contributed by atoms with van der Waals surface area (Å²) in [5.41, 5.74) is -2.68. The summed E-state index contributed by atoms with van der Waals surface area (Å²) in [6.45, 7) is 2.90. The molecule has 0 N–H and O–H groups in total. The monoisotopic (exact) mass is 492 g/mol. The van der Waals surface area contributed by atoms with Gasteiger partial charge in [0.05, 0.1) is 23.0 Å². The summed E-state index contributed by atoms with van der Waals surface area (Å²) < 4.78 is 50.8. The molecule has 0 atom stereocenters. The Bertz CT molecular complexity index is 1190. The maximum atomic E-state index is 13.1. The zero-order chi connectivity index (χ0) is 23.1. The molecule has 172 valence electrons. The second kappa shape index (κ2) is 8.21. The van der Waals surface area contributed by atoms with Crippen LogP contribution >= 0.6 is 22.7 Å². The highest BCUT2D eigenvalue weighted by atomic mass is 32.1. The lowest BCUT2D eigenvalue weighted by atomic mass is 10.2. The van der Waals surface area contributed by atoms with Crippen molar-refractivity contribution in [3.8, 4) is 11.5 Å². The molecule has 0 aliphatic carbocycles. The number of nitrogens with zero attached hydrogens (tertiary/aromatic N) is 4. The van der Waals surface area contributed by atoms with Crippen molar-refractivity contribution in [3.05, 3.63) is 68.0 Å². The molecule has 0 bridgehead atoms. The fourth-order valence-electron chi connectivity index (χ4n) is 3.21. The van der Waals surface area contributed by atoms with Crippen LogP contribution in [0.3, 0.4) is 0 Å². The van der Waals surface area contributed by atoms with Gasteiger partial charge in [0.2, 0.25) is 5.66 Å². The summed E-state index contributed by atoms with van der Waals surface area (Å²) in [4.78, 5) is 3.26. The summed E-state index contributed by atoms with van der Waals surface area (Å²) in [5, 5.41) is 14.6. The molecule has 2 aliphatic heterocycles. The molecule has 2 aromatic heterocycles. The van der Waals surface area contributed by atoms with Crippen LogP contribution in [-0.2, 0) is 24.2 Å². The third-order valence-electron chi connectivity index (χ3n) is 5.29. The minimum atomic E-state index is -4.50. The number of alkyl halides is 3. The third-order valence-corrected chi connectivity index (χ3v) is 7.88. The van der Waals surface area contributed by atoms with E-state index in [0.717, 1.165) is 33.3 Å². The van der Waals surface area contributed by atoms with Crippen LogP contribution in [0.4, 0.5) is 13.2 Å². The van der Waals surface area contributed by atoms with Crippen molar-refractivity contribution in [1.29, 1.82) is 0 Å². The zero-order valence-corrected chi connectivity index (χ0v) is 19.1. The molecule has 0 fully saturated rings. The van der Waals surface area contributed by atoms with Gasteiger partial charge >= 0.3 is 11.8 Å². The summed E-state index contributed by atoms with van der Waals surface area (Å²) in [6.07, 6.45) is -3.19. The Hall–Kier alpha value is -2.79. The SMILES string of the molecule is CC1(c2ccc(CCOc3ccc(OCCc4ccc(C5(C(F)(F)F)N=N5)s4)cc3)s2)N=N1. The smallest absolute Gasteiger partial charge is 0.443 e. The van der Waals surface area contributed by atoms with Gasteiger partial charge in [-0.1, -0.05) is 0 Å². The highest BCUT2D eigenvalue weighted by Crippen LogP contribution is 2.54. The molecule has 4 heterocycles. The van der Waals surface area contributed by atoms with Crippen molar-refractivity contribution in [3.63, 3.8) is 0 Å². The van der Waals surface area contributed by atoms with Crippen LogP contribution in [0.5, 0.6) is 11.5 Å². The van der Waals surface area contributed by atoms with Gasteiger partial charge in [-0.05, 0) is 55.5 Å². The van der Waals surface area contributed by atoms with Crippen LogP contribution in [0, 0.1) is 0 Å². The number of rotatable bonds is 10. The third kappa shape index (κ3) is 4.65. The average Bonchev–Trinajstić information content (AvgIpc) is 3.64. The van der Waals surface area contributed by atoms with Crippen LogP contribution in [-0.4, -0.2) is 19.4 Å². The fourth-order valence-corrected chi connectivity index (χ4v) is 5.31. The maximum absolute atomic E-state index is 13.1. The van der Waals surface area contributed by atoms with E-state index < -0.39 is 11.8 Å². The molecule has 3 aromatic rings. The van der Waals surface area contributed by atoms with E-state index in [1.54, 1.807) is 17.4 Å². The molecule has 0 saturated carbocycles. The molecule has 11 heteroatoms. The lowest BCUT2D eigenvalue weighted by Gasteiger charge is -2.12. The molecule has 0 radical (unpaired) electrons. The van der Waals surface area contributed by atoms with Gasteiger partial charge in [-0.15, -0.1) is 32.9 Å². The van der Waals surface area contributed by atoms with E-state index in [1.165, 1.54) is 10.9 Å². The molecule has 0 amide bonds. The normalized spacial score (nSPS) is 17.2. The van der Waals surface area contributed by atoms with Gasteiger partial charge < -0.3 is 9.47 Å². The molecule has 6 nitrogen and oxygen atoms in total. The highest BCUT2D eigenvalue weighted by molar-refractivity contribution is 7.12. The van der Waals surface area contributed by atoms with E-state index in [2.05, 4.69) is 32.6 Å². The Morgan fingerprint density at radius 1 is 0.727 bits per heavy atom. The van der Waals surface area contributed by atoms with Gasteiger partial charge in [0.25, 0.3) is 0 Å². The zero-order valence-electron chi connectivity index (χ0n) is 17.5. The molecule has 33 heavy (non-hydrogen) atoms. The van der Waals surface area contributed by atoms with E-state index in [1.807, 2.05) is 31.2 Å². The van der Waals surface area contributed by atoms with Gasteiger partial charge in [0.15, 0.2) is 0 Å². The van der Waals surface area contributed by atoms with Crippen LogP contribution in [0.25, 0.3) is 0 Å². The minimum absolute atomic E-state index is 0.0945. The van der Waals surface area contributed by atoms with Gasteiger partial charge in [-0.2, -0.15) is 23.4 Å². The summed E-state index contributed by atoms with van der Waals surface area (Å²) in [5.74, 6) is 1.42.